The highest BCUT2D eigenvalue weighted by molar-refractivity contribution is 5.78. The Morgan fingerprint density at radius 3 is 2.04 bits per heavy atom. The second-order valence-electron chi connectivity index (χ2n) is 7.47. The number of rotatable bonds is 7. The summed E-state index contributed by atoms with van der Waals surface area (Å²) < 4.78 is 0. The average Bonchev–Trinajstić information content (AvgIpc) is 2.70. The molecule has 0 atom stereocenters. The standard InChI is InChI=1S/C23H31N3O/c1-3-25-12-14-26(15-13-25)18-22-10-8-21(9-11-22)17-24-23(27)16-20-6-4-19(2)5-7-20/h4-11H,3,12-18H2,1-2H3,(H,24,27). The van der Waals surface area contributed by atoms with Crippen molar-refractivity contribution in [3.05, 3.63) is 70.8 Å². The van der Waals surface area contributed by atoms with Gasteiger partial charge in [-0.25, -0.2) is 0 Å². The van der Waals surface area contributed by atoms with E-state index in [0.717, 1.165) is 37.3 Å². The van der Waals surface area contributed by atoms with Crippen molar-refractivity contribution in [1.82, 2.24) is 15.1 Å². The molecular formula is C23H31N3O. The highest BCUT2D eigenvalue weighted by Crippen LogP contribution is 2.10. The largest absolute Gasteiger partial charge is 0.352 e. The first-order valence-electron chi connectivity index (χ1n) is 9.97. The van der Waals surface area contributed by atoms with E-state index in [4.69, 9.17) is 0 Å². The van der Waals surface area contributed by atoms with E-state index in [1.807, 2.05) is 24.3 Å². The number of likely N-dealkylation sites (N-methyl/N-ethyl adjacent to an activating group) is 1. The maximum Gasteiger partial charge on any atom is 0.224 e. The fourth-order valence-electron chi connectivity index (χ4n) is 3.44. The summed E-state index contributed by atoms with van der Waals surface area (Å²) in [6.07, 6.45) is 0.433. The van der Waals surface area contributed by atoms with E-state index in [1.54, 1.807) is 0 Å². The zero-order valence-corrected chi connectivity index (χ0v) is 16.6. The van der Waals surface area contributed by atoms with Crippen LogP contribution in [0.4, 0.5) is 0 Å². The number of nitrogens with one attached hydrogen (secondary N) is 1. The lowest BCUT2D eigenvalue weighted by Gasteiger charge is -2.34. The van der Waals surface area contributed by atoms with Gasteiger partial charge in [-0.15, -0.1) is 0 Å². The van der Waals surface area contributed by atoms with E-state index >= 15 is 0 Å². The van der Waals surface area contributed by atoms with Crippen LogP contribution in [-0.4, -0.2) is 48.4 Å². The van der Waals surface area contributed by atoms with Crippen LogP contribution < -0.4 is 5.32 Å². The van der Waals surface area contributed by atoms with Gasteiger partial charge >= 0.3 is 0 Å². The number of aryl methyl sites for hydroxylation is 1. The Morgan fingerprint density at radius 2 is 1.41 bits per heavy atom. The van der Waals surface area contributed by atoms with E-state index in [1.165, 1.54) is 24.2 Å². The molecule has 2 aromatic rings. The Morgan fingerprint density at radius 1 is 0.852 bits per heavy atom. The van der Waals surface area contributed by atoms with Gasteiger partial charge in [0.15, 0.2) is 0 Å². The molecule has 144 valence electrons. The number of hydrogen-bond donors (Lipinski definition) is 1. The van der Waals surface area contributed by atoms with E-state index in [9.17, 15) is 4.79 Å². The first-order valence-corrected chi connectivity index (χ1v) is 9.97. The Hall–Kier alpha value is -2.17. The minimum absolute atomic E-state index is 0.0664. The Labute approximate surface area is 163 Å². The van der Waals surface area contributed by atoms with Gasteiger partial charge in [-0.05, 0) is 30.2 Å². The Bertz CT molecular complexity index is 716. The van der Waals surface area contributed by atoms with E-state index < -0.39 is 0 Å². The van der Waals surface area contributed by atoms with Crippen LogP contribution in [0, 0.1) is 6.92 Å². The average molecular weight is 366 g/mol. The van der Waals surface area contributed by atoms with Crippen LogP contribution in [-0.2, 0) is 24.3 Å². The van der Waals surface area contributed by atoms with Gasteiger partial charge in [0, 0.05) is 39.3 Å². The molecule has 0 bridgehead atoms. The van der Waals surface area contributed by atoms with Crippen LogP contribution >= 0.6 is 0 Å². The third-order valence-corrected chi connectivity index (χ3v) is 5.32. The third-order valence-electron chi connectivity index (χ3n) is 5.32. The lowest BCUT2D eigenvalue weighted by Crippen LogP contribution is -2.45. The van der Waals surface area contributed by atoms with Gasteiger partial charge in [-0.1, -0.05) is 61.0 Å². The normalized spacial score (nSPS) is 15.6. The molecule has 0 unspecified atom stereocenters. The lowest BCUT2D eigenvalue weighted by molar-refractivity contribution is -0.120. The molecule has 0 radical (unpaired) electrons. The fourth-order valence-corrected chi connectivity index (χ4v) is 3.44. The molecule has 1 aliphatic rings. The summed E-state index contributed by atoms with van der Waals surface area (Å²) >= 11 is 0. The van der Waals surface area contributed by atoms with E-state index in [-0.39, 0.29) is 5.91 Å². The monoisotopic (exact) mass is 365 g/mol. The molecule has 1 N–H and O–H groups in total. The number of benzene rings is 2. The molecule has 4 nitrogen and oxygen atoms in total. The van der Waals surface area contributed by atoms with Crippen LogP contribution in [0.5, 0.6) is 0 Å². The number of hydrogen-bond acceptors (Lipinski definition) is 3. The summed E-state index contributed by atoms with van der Waals surface area (Å²) in [5.41, 5.74) is 4.75. The molecule has 1 amide bonds. The first-order chi connectivity index (χ1) is 13.1. The molecule has 2 aromatic carbocycles. The minimum Gasteiger partial charge on any atom is -0.352 e. The summed E-state index contributed by atoms with van der Waals surface area (Å²) in [6, 6.07) is 16.8. The number of amides is 1. The predicted octanol–water partition coefficient (Wildman–Crippen LogP) is 2.99. The Kier molecular flexibility index (Phi) is 7.02. The summed E-state index contributed by atoms with van der Waals surface area (Å²) in [6.45, 7) is 11.7. The highest BCUT2D eigenvalue weighted by atomic mass is 16.1. The maximum atomic E-state index is 12.1. The van der Waals surface area contributed by atoms with Crippen LogP contribution in [0.25, 0.3) is 0 Å². The molecule has 3 rings (SSSR count). The van der Waals surface area contributed by atoms with E-state index in [0.29, 0.717) is 13.0 Å². The molecular weight excluding hydrogens is 334 g/mol. The number of nitrogens with zero attached hydrogens (tertiary/aromatic N) is 2. The zero-order valence-electron chi connectivity index (χ0n) is 16.6. The Balaban J connectivity index is 1.42. The number of carbonyl (C=O) groups is 1. The minimum atomic E-state index is 0.0664. The fraction of sp³-hybridized carbons (Fsp3) is 0.435. The molecule has 1 fully saturated rings. The van der Waals surface area contributed by atoms with Crippen molar-refractivity contribution in [3.63, 3.8) is 0 Å². The second kappa shape index (κ2) is 9.67. The molecule has 4 heteroatoms. The van der Waals surface area contributed by atoms with Gasteiger partial charge in [0.2, 0.25) is 5.91 Å². The smallest absolute Gasteiger partial charge is 0.224 e. The molecule has 1 saturated heterocycles. The zero-order chi connectivity index (χ0) is 19.1. The van der Waals surface area contributed by atoms with Crippen molar-refractivity contribution in [1.29, 1.82) is 0 Å². The summed E-state index contributed by atoms with van der Waals surface area (Å²) in [5.74, 6) is 0.0664. The van der Waals surface area contributed by atoms with Crippen molar-refractivity contribution in [3.8, 4) is 0 Å². The van der Waals surface area contributed by atoms with Gasteiger partial charge in [0.25, 0.3) is 0 Å². The van der Waals surface area contributed by atoms with Crippen LogP contribution in [0.1, 0.15) is 29.2 Å². The molecule has 0 aliphatic carbocycles. The highest BCUT2D eigenvalue weighted by Gasteiger charge is 2.15. The molecule has 0 saturated carbocycles. The van der Waals surface area contributed by atoms with Crippen molar-refractivity contribution in [2.75, 3.05) is 32.7 Å². The third kappa shape index (κ3) is 6.19. The van der Waals surface area contributed by atoms with Crippen LogP contribution in [0.2, 0.25) is 0 Å². The first kappa shape index (κ1) is 19.6. The maximum absolute atomic E-state index is 12.1. The van der Waals surface area contributed by atoms with Crippen molar-refractivity contribution in [2.45, 2.75) is 33.4 Å². The van der Waals surface area contributed by atoms with Crippen molar-refractivity contribution >= 4 is 5.91 Å². The van der Waals surface area contributed by atoms with E-state index in [2.05, 4.69) is 53.2 Å². The molecule has 0 spiro atoms. The van der Waals surface area contributed by atoms with Crippen LogP contribution in [0.15, 0.2) is 48.5 Å². The molecule has 27 heavy (non-hydrogen) atoms. The molecule has 0 aromatic heterocycles. The summed E-state index contributed by atoms with van der Waals surface area (Å²) in [5, 5.41) is 3.02. The predicted molar refractivity (Wildman–Crippen MR) is 111 cm³/mol. The van der Waals surface area contributed by atoms with Gasteiger partial charge in [-0.3, -0.25) is 9.69 Å². The lowest BCUT2D eigenvalue weighted by atomic mass is 10.1. The quantitative estimate of drug-likeness (QED) is 0.819. The molecule has 1 aliphatic heterocycles. The SMILES string of the molecule is CCN1CCN(Cc2ccc(CNC(=O)Cc3ccc(C)cc3)cc2)CC1. The summed E-state index contributed by atoms with van der Waals surface area (Å²) in [4.78, 5) is 17.1. The van der Waals surface area contributed by atoms with Gasteiger partial charge in [-0.2, -0.15) is 0 Å². The molecule has 1 heterocycles. The summed E-state index contributed by atoms with van der Waals surface area (Å²) in [7, 11) is 0. The topological polar surface area (TPSA) is 35.6 Å². The van der Waals surface area contributed by atoms with Gasteiger partial charge < -0.3 is 10.2 Å². The van der Waals surface area contributed by atoms with Crippen LogP contribution in [0.3, 0.4) is 0 Å². The van der Waals surface area contributed by atoms with Gasteiger partial charge in [0.1, 0.15) is 0 Å². The number of carbonyl (C=O) groups excluding carboxylic acids is 1. The second-order valence-corrected chi connectivity index (χ2v) is 7.47. The van der Waals surface area contributed by atoms with Gasteiger partial charge in [0.05, 0.1) is 6.42 Å². The van der Waals surface area contributed by atoms with Crippen molar-refractivity contribution in [2.24, 2.45) is 0 Å². The number of piperazine rings is 1. The van der Waals surface area contributed by atoms with Crippen molar-refractivity contribution < 1.29 is 4.79 Å².